The monoisotopic (exact) mass is 295 g/mol. The molecule has 0 spiro atoms. The molecule has 3 heteroatoms. The maximum atomic E-state index is 12.7. The second kappa shape index (κ2) is 6.68. The molecule has 1 aliphatic carbocycles. The second-order valence-electron chi connectivity index (χ2n) is 8.22. The lowest BCUT2D eigenvalue weighted by molar-refractivity contribution is -0.141. The van der Waals surface area contributed by atoms with E-state index < -0.39 is 0 Å². The van der Waals surface area contributed by atoms with Gasteiger partial charge in [-0.1, -0.05) is 27.7 Å². The van der Waals surface area contributed by atoms with E-state index in [0.29, 0.717) is 11.3 Å². The van der Waals surface area contributed by atoms with E-state index in [1.807, 2.05) is 4.90 Å². The highest BCUT2D eigenvalue weighted by Crippen LogP contribution is 2.40. The Hall–Kier alpha value is -0.570. The molecule has 2 unspecified atom stereocenters. The average molecular weight is 295 g/mol. The first-order valence-corrected chi connectivity index (χ1v) is 8.79. The van der Waals surface area contributed by atoms with Crippen molar-refractivity contribution in [3.8, 4) is 0 Å². The van der Waals surface area contributed by atoms with E-state index in [9.17, 15) is 9.90 Å². The summed E-state index contributed by atoms with van der Waals surface area (Å²) in [6.07, 6.45) is 5.98. The summed E-state index contributed by atoms with van der Waals surface area (Å²) in [6, 6.07) is 0. The zero-order chi connectivity index (χ0) is 15.6. The van der Waals surface area contributed by atoms with Crippen LogP contribution in [0.1, 0.15) is 66.2 Å². The number of amides is 1. The molecule has 1 amide bonds. The van der Waals surface area contributed by atoms with Gasteiger partial charge in [-0.25, -0.2) is 0 Å². The molecule has 0 aromatic carbocycles. The highest BCUT2D eigenvalue weighted by atomic mass is 16.3. The van der Waals surface area contributed by atoms with E-state index in [-0.39, 0.29) is 17.9 Å². The Kier molecular flexibility index (Phi) is 5.34. The van der Waals surface area contributed by atoms with E-state index in [2.05, 4.69) is 27.7 Å². The lowest BCUT2D eigenvalue weighted by atomic mass is 9.69. The fraction of sp³-hybridized carbons (Fsp3) is 0.944. The van der Waals surface area contributed by atoms with E-state index in [4.69, 9.17) is 0 Å². The van der Waals surface area contributed by atoms with Crippen LogP contribution in [0.5, 0.6) is 0 Å². The number of carbonyl (C=O) groups is 1. The van der Waals surface area contributed by atoms with Crippen LogP contribution in [0.4, 0.5) is 0 Å². The summed E-state index contributed by atoms with van der Waals surface area (Å²) in [5, 5.41) is 9.97. The van der Waals surface area contributed by atoms with Crippen LogP contribution in [-0.2, 0) is 4.79 Å². The quantitative estimate of drug-likeness (QED) is 0.847. The summed E-state index contributed by atoms with van der Waals surface area (Å²) < 4.78 is 0. The van der Waals surface area contributed by atoms with Gasteiger partial charge in [0.15, 0.2) is 0 Å². The van der Waals surface area contributed by atoms with Gasteiger partial charge in [0, 0.05) is 24.9 Å². The summed E-state index contributed by atoms with van der Waals surface area (Å²) in [7, 11) is 0. The lowest BCUT2D eigenvalue weighted by Gasteiger charge is -2.40. The van der Waals surface area contributed by atoms with Gasteiger partial charge in [0.05, 0.1) is 6.10 Å². The molecule has 0 radical (unpaired) electrons. The van der Waals surface area contributed by atoms with Crippen LogP contribution in [0.3, 0.4) is 0 Å². The summed E-state index contributed by atoms with van der Waals surface area (Å²) in [4.78, 5) is 14.8. The predicted octanol–water partition coefficient (Wildman–Crippen LogP) is 3.46. The number of carbonyl (C=O) groups excluding carboxylic acids is 1. The van der Waals surface area contributed by atoms with Crippen molar-refractivity contribution in [1.82, 2.24) is 4.90 Å². The first-order valence-electron chi connectivity index (χ1n) is 8.79. The molecule has 0 aromatic heterocycles. The van der Waals surface area contributed by atoms with Crippen LogP contribution in [0.15, 0.2) is 0 Å². The highest BCUT2D eigenvalue weighted by molar-refractivity contribution is 5.79. The molecule has 122 valence electrons. The molecule has 1 aliphatic heterocycles. The zero-order valence-corrected chi connectivity index (χ0v) is 14.3. The molecule has 1 N–H and O–H groups in total. The third-order valence-corrected chi connectivity index (χ3v) is 5.83. The Morgan fingerprint density at radius 2 is 1.76 bits per heavy atom. The summed E-state index contributed by atoms with van der Waals surface area (Å²) >= 11 is 0. The Bertz CT molecular complexity index is 353. The minimum absolute atomic E-state index is 0.212. The smallest absolute Gasteiger partial charge is 0.225 e. The van der Waals surface area contributed by atoms with Gasteiger partial charge in [-0.15, -0.1) is 0 Å². The Morgan fingerprint density at radius 1 is 1.14 bits per heavy atom. The normalized spacial score (nSPS) is 34.8. The number of aliphatic hydroxyl groups excluding tert-OH is 1. The molecule has 21 heavy (non-hydrogen) atoms. The van der Waals surface area contributed by atoms with Crippen molar-refractivity contribution >= 4 is 5.91 Å². The van der Waals surface area contributed by atoms with Crippen molar-refractivity contribution in [2.45, 2.75) is 72.3 Å². The summed E-state index contributed by atoms with van der Waals surface area (Å²) in [5.41, 5.74) is 0.372. The van der Waals surface area contributed by atoms with Gasteiger partial charge >= 0.3 is 0 Å². The first-order chi connectivity index (χ1) is 9.82. The van der Waals surface area contributed by atoms with Gasteiger partial charge in [-0.05, 0) is 49.9 Å². The van der Waals surface area contributed by atoms with Crippen LogP contribution < -0.4 is 0 Å². The molecular formula is C18H33NO2. The molecule has 1 saturated heterocycles. The molecule has 2 fully saturated rings. The minimum Gasteiger partial charge on any atom is -0.393 e. The number of nitrogens with zero attached hydrogens (tertiary/aromatic N) is 1. The largest absolute Gasteiger partial charge is 0.393 e. The summed E-state index contributed by atoms with van der Waals surface area (Å²) in [5.74, 6) is 1.62. The van der Waals surface area contributed by atoms with Crippen molar-refractivity contribution in [2.75, 3.05) is 13.1 Å². The van der Waals surface area contributed by atoms with Crippen LogP contribution >= 0.6 is 0 Å². The number of hydrogen-bond acceptors (Lipinski definition) is 2. The zero-order valence-electron chi connectivity index (χ0n) is 14.3. The molecule has 2 rings (SSSR count). The summed E-state index contributed by atoms with van der Waals surface area (Å²) in [6.45, 7) is 10.6. The van der Waals surface area contributed by atoms with Gasteiger partial charge in [-0.2, -0.15) is 0 Å². The third-order valence-electron chi connectivity index (χ3n) is 5.83. The molecule has 2 aliphatic rings. The number of likely N-dealkylation sites (tertiary alicyclic amines) is 1. The topological polar surface area (TPSA) is 40.5 Å². The van der Waals surface area contributed by atoms with Gasteiger partial charge in [0.1, 0.15) is 0 Å². The number of hydrogen-bond donors (Lipinski definition) is 1. The lowest BCUT2D eigenvalue weighted by Crippen LogP contribution is -2.48. The second-order valence-corrected chi connectivity index (χ2v) is 8.22. The van der Waals surface area contributed by atoms with Crippen molar-refractivity contribution in [3.05, 3.63) is 0 Å². The average Bonchev–Trinajstić information content (AvgIpc) is 2.46. The minimum atomic E-state index is -0.212. The maximum absolute atomic E-state index is 12.7. The van der Waals surface area contributed by atoms with E-state index in [0.717, 1.165) is 44.7 Å². The molecule has 1 heterocycles. The Morgan fingerprint density at radius 3 is 2.29 bits per heavy atom. The first kappa shape index (κ1) is 16.8. The molecule has 0 bridgehead atoms. The van der Waals surface area contributed by atoms with Gasteiger partial charge in [0.2, 0.25) is 5.91 Å². The third kappa shape index (κ3) is 4.00. The van der Waals surface area contributed by atoms with Crippen molar-refractivity contribution in [1.29, 1.82) is 0 Å². The molecular weight excluding hydrogens is 262 g/mol. The Labute approximate surface area is 130 Å². The van der Waals surface area contributed by atoms with Crippen LogP contribution in [-0.4, -0.2) is 35.1 Å². The molecule has 0 aromatic rings. The maximum Gasteiger partial charge on any atom is 0.225 e. The van der Waals surface area contributed by atoms with E-state index >= 15 is 0 Å². The van der Waals surface area contributed by atoms with Gasteiger partial charge in [0.25, 0.3) is 0 Å². The standard InChI is InChI=1S/C18H33NO2/c1-5-13-12-19(11-10-16(13)20)17(21)14-6-8-15(9-7-14)18(2,3)4/h13-16,20H,5-12H2,1-4H3. The number of aliphatic hydroxyl groups is 1. The van der Waals surface area contributed by atoms with Crippen LogP contribution in [0, 0.1) is 23.2 Å². The van der Waals surface area contributed by atoms with E-state index in [1.165, 1.54) is 12.8 Å². The highest BCUT2D eigenvalue weighted by Gasteiger charge is 2.36. The van der Waals surface area contributed by atoms with Crippen molar-refractivity contribution < 1.29 is 9.90 Å². The fourth-order valence-electron chi connectivity index (χ4n) is 4.09. The van der Waals surface area contributed by atoms with Gasteiger partial charge < -0.3 is 10.0 Å². The van der Waals surface area contributed by atoms with E-state index in [1.54, 1.807) is 0 Å². The van der Waals surface area contributed by atoms with Crippen LogP contribution in [0.2, 0.25) is 0 Å². The number of piperidine rings is 1. The number of rotatable bonds is 2. The van der Waals surface area contributed by atoms with Gasteiger partial charge in [-0.3, -0.25) is 4.79 Å². The van der Waals surface area contributed by atoms with Crippen molar-refractivity contribution in [3.63, 3.8) is 0 Å². The molecule has 3 nitrogen and oxygen atoms in total. The van der Waals surface area contributed by atoms with Crippen molar-refractivity contribution in [2.24, 2.45) is 23.2 Å². The SMILES string of the molecule is CCC1CN(C(=O)C2CCC(C(C)(C)C)CC2)CCC1O. The Balaban J connectivity index is 1.87. The predicted molar refractivity (Wildman–Crippen MR) is 85.9 cm³/mol. The van der Waals surface area contributed by atoms with Crippen LogP contribution in [0.25, 0.3) is 0 Å². The molecule has 2 atom stereocenters. The fourth-order valence-corrected chi connectivity index (χ4v) is 4.09. The molecule has 1 saturated carbocycles.